The van der Waals surface area contributed by atoms with Gasteiger partial charge < -0.3 is 14.9 Å². The van der Waals surface area contributed by atoms with Gasteiger partial charge in [-0.15, -0.1) is 0 Å². The maximum Gasteiger partial charge on any atom is 0.333 e. The molecular formula is C20H34O4. The van der Waals surface area contributed by atoms with Gasteiger partial charge in [0.2, 0.25) is 0 Å². The average Bonchev–Trinajstić information content (AvgIpc) is 2.77. The van der Waals surface area contributed by atoms with Crippen LogP contribution in [0.25, 0.3) is 0 Å². The summed E-state index contributed by atoms with van der Waals surface area (Å²) >= 11 is 0. The Bertz CT molecular complexity index is 433. The topological polar surface area (TPSA) is 66.8 Å². The molecule has 0 spiro atoms. The van der Waals surface area contributed by atoms with Crippen molar-refractivity contribution >= 4 is 5.97 Å². The summed E-state index contributed by atoms with van der Waals surface area (Å²) < 4.78 is 4.64. The molecule has 24 heavy (non-hydrogen) atoms. The normalized spacial score (nSPS) is 33.0. The fourth-order valence-electron chi connectivity index (χ4n) is 4.88. The molecule has 2 rings (SSSR count). The minimum absolute atomic E-state index is 0.105. The first-order valence-electron chi connectivity index (χ1n) is 9.54. The molecule has 0 aromatic rings. The van der Waals surface area contributed by atoms with E-state index < -0.39 is 12.1 Å². The van der Waals surface area contributed by atoms with Crippen molar-refractivity contribution in [1.82, 2.24) is 0 Å². The highest BCUT2D eigenvalue weighted by molar-refractivity contribution is 5.87. The number of carbonyl (C=O) groups is 1. The molecule has 0 amide bonds. The van der Waals surface area contributed by atoms with Gasteiger partial charge in [0.05, 0.1) is 19.3 Å². The van der Waals surface area contributed by atoms with Crippen LogP contribution in [0.5, 0.6) is 0 Å². The van der Waals surface area contributed by atoms with Gasteiger partial charge >= 0.3 is 5.97 Å². The zero-order valence-corrected chi connectivity index (χ0v) is 15.2. The summed E-state index contributed by atoms with van der Waals surface area (Å²) in [5.41, 5.74) is 0.340. The van der Waals surface area contributed by atoms with Gasteiger partial charge in [0.15, 0.2) is 0 Å². The summed E-state index contributed by atoms with van der Waals surface area (Å²) in [5.74, 6) is 1.76. The van der Waals surface area contributed by atoms with E-state index in [1.54, 1.807) is 0 Å². The van der Waals surface area contributed by atoms with Crippen molar-refractivity contribution in [3.8, 4) is 0 Å². The Kier molecular flexibility index (Phi) is 7.30. The van der Waals surface area contributed by atoms with Crippen LogP contribution in [-0.2, 0) is 9.53 Å². The summed E-state index contributed by atoms with van der Waals surface area (Å²) in [5, 5.41) is 20.6. The van der Waals surface area contributed by atoms with Crippen molar-refractivity contribution in [2.45, 2.75) is 76.9 Å². The second-order valence-corrected chi connectivity index (χ2v) is 8.00. The predicted molar refractivity (Wildman–Crippen MR) is 94.4 cm³/mol. The molecule has 0 aromatic carbocycles. The summed E-state index contributed by atoms with van der Waals surface area (Å²) in [4.78, 5) is 11.4. The summed E-state index contributed by atoms with van der Waals surface area (Å²) in [6.07, 6.45) is 8.40. The van der Waals surface area contributed by atoms with Crippen LogP contribution < -0.4 is 0 Å². The first kappa shape index (κ1) is 19.5. The van der Waals surface area contributed by atoms with E-state index in [-0.39, 0.29) is 12.5 Å². The molecule has 0 heterocycles. The third kappa shape index (κ3) is 5.06. The summed E-state index contributed by atoms with van der Waals surface area (Å²) in [6.45, 7) is 5.90. The maximum absolute atomic E-state index is 11.4. The molecule has 0 saturated heterocycles. The fourth-order valence-corrected chi connectivity index (χ4v) is 4.88. The second-order valence-electron chi connectivity index (χ2n) is 8.00. The fraction of sp³-hybridized carbons (Fsp3) is 0.850. The van der Waals surface area contributed by atoms with E-state index in [0.717, 1.165) is 25.7 Å². The monoisotopic (exact) mass is 338 g/mol. The molecule has 0 radical (unpaired) electrons. The third-order valence-corrected chi connectivity index (χ3v) is 6.36. The lowest BCUT2D eigenvalue weighted by Crippen LogP contribution is -2.31. The Morgan fingerprint density at radius 2 is 1.92 bits per heavy atom. The van der Waals surface area contributed by atoms with E-state index in [2.05, 4.69) is 18.2 Å². The summed E-state index contributed by atoms with van der Waals surface area (Å²) in [7, 11) is 1.34. The molecule has 6 atom stereocenters. The Labute approximate surface area is 146 Å². The van der Waals surface area contributed by atoms with Crippen molar-refractivity contribution in [3.05, 3.63) is 12.2 Å². The highest BCUT2D eigenvalue weighted by Gasteiger charge is 2.36. The predicted octanol–water partition coefficient (Wildman–Crippen LogP) is 3.46. The molecule has 138 valence electrons. The van der Waals surface area contributed by atoms with Crippen molar-refractivity contribution in [3.63, 3.8) is 0 Å². The molecular weight excluding hydrogens is 304 g/mol. The number of carbonyl (C=O) groups excluding carboxylic acids is 1. The number of hydrogen-bond acceptors (Lipinski definition) is 4. The number of hydrogen-bond donors (Lipinski definition) is 2. The van der Waals surface area contributed by atoms with E-state index >= 15 is 0 Å². The Morgan fingerprint density at radius 1 is 1.21 bits per heavy atom. The molecule has 2 saturated carbocycles. The molecule has 2 fully saturated rings. The van der Waals surface area contributed by atoms with Crippen molar-refractivity contribution in [2.75, 3.05) is 7.11 Å². The third-order valence-electron chi connectivity index (χ3n) is 6.36. The van der Waals surface area contributed by atoms with Gasteiger partial charge in [-0.2, -0.15) is 0 Å². The first-order valence-corrected chi connectivity index (χ1v) is 9.54. The number of rotatable bonds is 6. The van der Waals surface area contributed by atoms with Gasteiger partial charge in [-0.3, -0.25) is 0 Å². The zero-order valence-electron chi connectivity index (χ0n) is 15.2. The number of aliphatic hydroxyl groups is 2. The van der Waals surface area contributed by atoms with Crippen molar-refractivity contribution < 1.29 is 19.7 Å². The number of fused-ring (bicyclic) bond motifs is 1. The van der Waals surface area contributed by atoms with Gasteiger partial charge in [0, 0.05) is 12.0 Å². The molecule has 4 heteroatoms. The lowest BCUT2D eigenvalue weighted by atomic mass is 9.75. The van der Waals surface area contributed by atoms with Crippen LogP contribution in [0, 0.1) is 23.7 Å². The average molecular weight is 338 g/mol. The largest absolute Gasteiger partial charge is 0.466 e. The highest BCUT2D eigenvalue weighted by atomic mass is 16.5. The molecule has 2 N–H and O–H groups in total. The number of ether oxygens (including phenoxy) is 1. The lowest BCUT2D eigenvalue weighted by molar-refractivity contribution is -0.136. The molecule has 0 bridgehead atoms. The number of esters is 1. The van der Waals surface area contributed by atoms with E-state index in [1.807, 2.05) is 0 Å². The summed E-state index contributed by atoms with van der Waals surface area (Å²) in [6, 6.07) is 0. The maximum atomic E-state index is 11.4. The Balaban J connectivity index is 1.83. The molecule has 0 aliphatic heterocycles. The van der Waals surface area contributed by atoms with Crippen molar-refractivity contribution in [2.24, 2.45) is 23.7 Å². The van der Waals surface area contributed by atoms with Crippen LogP contribution in [0.2, 0.25) is 0 Å². The van der Waals surface area contributed by atoms with Gasteiger partial charge in [0.1, 0.15) is 0 Å². The van der Waals surface area contributed by atoms with E-state index in [9.17, 15) is 15.0 Å². The van der Waals surface area contributed by atoms with Gasteiger partial charge in [-0.1, -0.05) is 19.9 Å². The number of methoxy groups -OCH3 is 1. The van der Waals surface area contributed by atoms with Crippen LogP contribution in [0.4, 0.5) is 0 Å². The standard InChI is InChI=1S/C20H34O4/c1-13(11-17(21)12-14(2)20(23)24-3)15-7-8-16-5-4-6-19(22)18(16)10-9-15/h13,15-19,21-22H,2,4-12H2,1,3H3/t13-,15-,16+,17+,18?,19+/m1/s1. The van der Waals surface area contributed by atoms with Crippen molar-refractivity contribution in [1.29, 1.82) is 0 Å². The molecule has 1 unspecified atom stereocenters. The first-order chi connectivity index (χ1) is 11.4. The van der Waals surface area contributed by atoms with Crippen LogP contribution in [-0.4, -0.2) is 35.5 Å². The number of aliphatic hydroxyl groups excluding tert-OH is 2. The van der Waals surface area contributed by atoms with Gasteiger partial charge in [0.25, 0.3) is 0 Å². The van der Waals surface area contributed by atoms with E-state index in [1.165, 1.54) is 26.4 Å². The smallest absolute Gasteiger partial charge is 0.333 e. The molecule has 2 aliphatic rings. The van der Waals surface area contributed by atoms with Gasteiger partial charge in [-0.25, -0.2) is 4.79 Å². The van der Waals surface area contributed by atoms with E-state index in [4.69, 9.17) is 0 Å². The van der Waals surface area contributed by atoms with Crippen LogP contribution >= 0.6 is 0 Å². The van der Waals surface area contributed by atoms with Crippen LogP contribution in [0.3, 0.4) is 0 Å². The molecule has 0 aromatic heterocycles. The SMILES string of the molecule is C=C(C[C@@H](O)C[C@@H](C)[C@H]1CCC2[C@@H](CCC[C@@H]2O)CC1)C(=O)OC. The van der Waals surface area contributed by atoms with E-state index in [0.29, 0.717) is 35.7 Å². The minimum Gasteiger partial charge on any atom is -0.466 e. The highest BCUT2D eigenvalue weighted by Crippen LogP contribution is 2.43. The van der Waals surface area contributed by atoms with Crippen LogP contribution in [0.1, 0.15) is 64.7 Å². The quantitative estimate of drug-likeness (QED) is 0.575. The Morgan fingerprint density at radius 3 is 2.62 bits per heavy atom. The Hall–Kier alpha value is -0.870. The minimum atomic E-state index is -0.539. The lowest BCUT2D eigenvalue weighted by Gasteiger charge is -2.34. The van der Waals surface area contributed by atoms with Crippen LogP contribution in [0.15, 0.2) is 12.2 Å². The van der Waals surface area contributed by atoms with Gasteiger partial charge in [-0.05, 0) is 68.6 Å². The second kappa shape index (κ2) is 9.00. The zero-order chi connectivity index (χ0) is 17.7. The molecule has 2 aliphatic carbocycles. The molecule has 4 nitrogen and oxygen atoms in total.